The van der Waals surface area contributed by atoms with E-state index in [1.807, 2.05) is 37.3 Å². The first-order valence-electron chi connectivity index (χ1n) is 8.40. The van der Waals surface area contributed by atoms with Crippen molar-refractivity contribution in [1.82, 2.24) is 15.5 Å². The quantitative estimate of drug-likeness (QED) is 0.597. The number of hydrogen-bond donors (Lipinski definition) is 2. The van der Waals surface area contributed by atoms with Crippen LogP contribution in [0.25, 0.3) is 21.5 Å². The maximum absolute atomic E-state index is 12.7. The summed E-state index contributed by atoms with van der Waals surface area (Å²) in [6, 6.07) is 21.0. The zero-order valence-electron chi connectivity index (χ0n) is 14.2. The number of aromatic nitrogens is 2. The van der Waals surface area contributed by atoms with E-state index in [2.05, 4.69) is 27.6 Å². The van der Waals surface area contributed by atoms with Crippen molar-refractivity contribution in [3.05, 3.63) is 88.3 Å². The van der Waals surface area contributed by atoms with Gasteiger partial charge in [-0.05, 0) is 35.4 Å². The highest BCUT2D eigenvalue weighted by Gasteiger charge is 2.17. The summed E-state index contributed by atoms with van der Waals surface area (Å²) < 4.78 is 0. The molecule has 1 amide bonds. The van der Waals surface area contributed by atoms with Gasteiger partial charge in [0.15, 0.2) is 5.69 Å². The van der Waals surface area contributed by atoms with Crippen molar-refractivity contribution in [2.45, 2.75) is 13.0 Å². The van der Waals surface area contributed by atoms with Gasteiger partial charge in [0.2, 0.25) is 0 Å². The summed E-state index contributed by atoms with van der Waals surface area (Å²) in [5, 5.41) is 12.6. The summed E-state index contributed by atoms with van der Waals surface area (Å²) in [4.78, 5) is 24.6. The first kappa shape index (κ1) is 16.0. The molecule has 4 rings (SSSR count). The topological polar surface area (TPSA) is 74.8 Å². The third-order valence-electron chi connectivity index (χ3n) is 4.53. The third kappa shape index (κ3) is 2.84. The van der Waals surface area contributed by atoms with E-state index in [0.29, 0.717) is 10.8 Å². The summed E-state index contributed by atoms with van der Waals surface area (Å²) in [5.41, 5.74) is 0.915. The monoisotopic (exact) mass is 343 g/mol. The standard InChI is InChI=1S/C21H17N3O2/c1-13(15-11-10-14-6-2-3-7-16(14)12-15)22-21(26)19-17-8-4-5-9-18(17)20(25)24-23-19/h2-13H,1H3,(H,22,26)(H,24,25). The highest BCUT2D eigenvalue weighted by atomic mass is 16.2. The van der Waals surface area contributed by atoms with Crippen LogP contribution in [0.15, 0.2) is 71.5 Å². The van der Waals surface area contributed by atoms with Gasteiger partial charge in [0, 0.05) is 5.39 Å². The predicted octanol–water partition coefficient (Wildman–Crippen LogP) is 3.57. The molecule has 0 aliphatic rings. The van der Waals surface area contributed by atoms with Crippen LogP contribution >= 0.6 is 0 Å². The molecule has 0 spiro atoms. The van der Waals surface area contributed by atoms with Crippen LogP contribution in [-0.2, 0) is 0 Å². The van der Waals surface area contributed by atoms with Gasteiger partial charge >= 0.3 is 0 Å². The minimum atomic E-state index is -0.321. The molecule has 4 aromatic rings. The summed E-state index contributed by atoms with van der Waals surface area (Å²) in [5.74, 6) is -0.321. The molecular formula is C21H17N3O2. The molecule has 0 saturated heterocycles. The molecule has 26 heavy (non-hydrogen) atoms. The van der Waals surface area contributed by atoms with E-state index in [9.17, 15) is 9.59 Å². The molecule has 0 aliphatic carbocycles. The lowest BCUT2D eigenvalue weighted by Crippen LogP contribution is -2.29. The second kappa shape index (κ2) is 6.44. The van der Waals surface area contributed by atoms with Gasteiger partial charge in [-0.1, -0.05) is 54.6 Å². The molecule has 1 heterocycles. The molecule has 128 valence electrons. The Morgan fingerprint density at radius 2 is 1.65 bits per heavy atom. The highest BCUT2D eigenvalue weighted by Crippen LogP contribution is 2.21. The number of benzene rings is 3. The molecular weight excluding hydrogens is 326 g/mol. The molecule has 1 atom stereocenters. The van der Waals surface area contributed by atoms with E-state index >= 15 is 0 Å². The largest absolute Gasteiger partial charge is 0.344 e. The number of amides is 1. The normalized spacial score (nSPS) is 12.2. The number of rotatable bonds is 3. The number of carbonyl (C=O) groups is 1. The SMILES string of the molecule is CC(NC(=O)c1n[nH]c(=O)c2ccccc12)c1ccc2ccccc2c1. The summed E-state index contributed by atoms with van der Waals surface area (Å²) >= 11 is 0. The number of hydrogen-bond acceptors (Lipinski definition) is 3. The van der Waals surface area contributed by atoms with Gasteiger partial charge in [0.05, 0.1) is 11.4 Å². The van der Waals surface area contributed by atoms with Gasteiger partial charge < -0.3 is 5.32 Å². The van der Waals surface area contributed by atoms with Crippen LogP contribution in [0.3, 0.4) is 0 Å². The Hall–Kier alpha value is -3.47. The molecule has 0 saturated carbocycles. The molecule has 1 aromatic heterocycles. The van der Waals surface area contributed by atoms with Crippen molar-refractivity contribution in [2.24, 2.45) is 0 Å². The Kier molecular flexibility index (Phi) is 3.97. The lowest BCUT2D eigenvalue weighted by atomic mass is 10.0. The molecule has 0 radical (unpaired) electrons. The fourth-order valence-electron chi connectivity index (χ4n) is 3.11. The van der Waals surface area contributed by atoms with Gasteiger partial charge in [-0.2, -0.15) is 5.10 Å². The van der Waals surface area contributed by atoms with Crippen molar-refractivity contribution in [3.8, 4) is 0 Å². The lowest BCUT2D eigenvalue weighted by Gasteiger charge is -2.15. The Morgan fingerprint density at radius 3 is 2.46 bits per heavy atom. The molecule has 2 N–H and O–H groups in total. The smallest absolute Gasteiger partial charge is 0.272 e. The van der Waals surface area contributed by atoms with E-state index < -0.39 is 0 Å². The molecule has 5 heteroatoms. The molecule has 0 bridgehead atoms. The zero-order valence-corrected chi connectivity index (χ0v) is 14.2. The fourth-order valence-corrected chi connectivity index (χ4v) is 3.11. The van der Waals surface area contributed by atoms with Gasteiger partial charge in [-0.25, -0.2) is 5.10 Å². The van der Waals surface area contributed by atoms with Crippen LogP contribution in [0.2, 0.25) is 0 Å². The zero-order chi connectivity index (χ0) is 18.1. The van der Waals surface area contributed by atoms with Gasteiger partial charge in [0.25, 0.3) is 11.5 Å². The van der Waals surface area contributed by atoms with Crippen molar-refractivity contribution < 1.29 is 4.79 Å². The van der Waals surface area contributed by atoms with Crippen LogP contribution in [0, 0.1) is 0 Å². The fraction of sp³-hybridized carbons (Fsp3) is 0.0952. The molecule has 1 unspecified atom stereocenters. The number of nitrogens with one attached hydrogen (secondary N) is 2. The minimum Gasteiger partial charge on any atom is -0.344 e. The van der Waals surface area contributed by atoms with Gasteiger partial charge in [-0.15, -0.1) is 0 Å². The maximum atomic E-state index is 12.7. The number of nitrogens with zero attached hydrogens (tertiary/aromatic N) is 1. The third-order valence-corrected chi connectivity index (χ3v) is 4.53. The Bertz CT molecular complexity index is 1180. The van der Waals surface area contributed by atoms with E-state index in [0.717, 1.165) is 16.3 Å². The van der Waals surface area contributed by atoms with Crippen molar-refractivity contribution >= 4 is 27.5 Å². The van der Waals surface area contributed by atoms with Crippen LogP contribution in [0.1, 0.15) is 29.0 Å². The van der Waals surface area contributed by atoms with E-state index in [1.54, 1.807) is 24.3 Å². The van der Waals surface area contributed by atoms with Gasteiger partial charge in [0.1, 0.15) is 0 Å². The number of aromatic amines is 1. The number of fused-ring (bicyclic) bond motifs is 2. The average Bonchev–Trinajstić information content (AvgIpc) is 2.68. The van der Waals surface area contributed by atoms with Crippen LogP contribution in [-0.4, -0.2) is 16.1 Å². The summed E-state index contributed by atoms with van der Waals surface area (Å²) in [6.07, 6.45) is 0. The van der Waals surface area contributed by atoms with Crippen molar-refractivity contribution in [3.63, 3.8) is 0 Å². The number of carbonyl (C=O) groups excluding carboxylic acids is 1. The van der Waals surface area contributed by atoms with Crippen LogP contribution < -0.4 is 10.9 Å². The second-order valence-electron chi connectivity index (χ2n) is 6.25. The highest BCUT2D eigenvalue weighted by molar-refractivity contribution is 6.04. The van der Waals surface area contributed by atoms with E-state index in [-0.39, 0.29) is 23.2 Å². The molecule has 5 nitrogen and oxygen atoms in total. The van der Waals surface area contributed by atoms with Gasteiger partial charge in [-0.3, -0.25) is 9.59 Å². The number of H-pyrrole nitrogens is 1. The Labute approximate surface area is 149 Å². The minimum absolute atomic E-state index is 0.195. The predicted molar refractivity (Wildman–Crippen MR) is 102 cm³/mol. The van der Waals surface area contributed by atoms with Crippen molar-refractivity contribution in [1.29, 1.82) is 0 Å². The van der Waals surface area contributed by atoms with Crippen molar-refractivity contribution in [2.75, 3.05) is 0 Å². The van der Waals surface area contributed by atoms with Crippen LogP contribution in [0.4, 0.5) is 0 Å². The summed E-state index contributed by atoms with van der Waals surface area (Å²) in [7, 11) is 0. The van der Waals surface area contributed by atoms with Crippen LogP contribution in [0.5, 0.6) is 0 Å². The molecule has 0 aliphatic heterocycles. The lowest BCUT2D eigenvalue weighted by molar-refractivity contribution is 0.0935. The Balaban J connectivity index is 1.65. The first-order chi connectivity index (χ1) is 12.6. The first-order valence-corrected chi connectivity index (χ1v) is 8.40. The second-order valence-corrected chi connectivity index (χ2v) is 6.25. The molecule has 0 fully saturated rings. The maximum Gasteiger partial charge on any atom is 0.272 e. The van der Waals surface area contributed by atoms with E-state index in [4.69, 9.17) is 0 Å². The molecule has 3 aromatic carbocycles. The Morgan fingerprint density at radius 1 is 0.962 bits per heavy atom. The average molecular weight is 343 g/mol. The van der Waals surface area contributed by atoms with E-state index in [1.165, 1.54) is 0 Å². The summed E-state index contributed by atoms with van der Waals surface area (Å²) in [6.45, 7) is 1.93.